The summed E-state index contributed by atoms with van der Waals surface area (Å²) in [4.78, 5) is 19.0. The van der Waals surface area contributed by atoms with Gasteiger partial charge in [0.05, 0.1) is 18.4 Å². The molecule has 170 valence electrons. The van der Waals surface area contributed by atoms with Crippen LogP contribution in [0.3, 0.4) is 0 Å². The SMILES string of the molecule is CCN(CC)CC=C(C(N)=O)c1cc(OC)c2ncc(C#N)c(Nc3cccc(Br)c3)c2c1. The molecule has 3 N–H and O–H groups in total. The molecular formula is C25H26BrN5O2. The number of nitrogens with two attached hydrogens (primary N) is 1. The highest BCUT2D eigenvalue weighted by Crippen LogP contribution is 2.36. The first-order valence-corrected chi connectivity index (χ1v) is 11.4. The Kier molecular flexibility index (Phi) is 8.04. The normalized spacial score (nSPS) is 11.5. The number of aromatic nitrogens is 1. The van der Waals surface area contributed by atoms with E-state index in [2.05, 4.69) is 51.0 Å². The Hall–Kier alpha value is -3.41. The molecule has 0 saturated carbocycles. The van der Waals surface area contributed by atoms with E-state index in [9.17, 15) is 10.1 Å². The molecule has 0 radical (unpaired) electrons. The summed E-state index contributed by atoms with van der Waals surface area (Å²) in [5.74, 6) is -0.0475. The van der Waals surface area contributed by atoms with Crippen molar-refractivity contribution in [2.75, 3.05) is 32.1 Å². The second kappa shape index (κ2) is 10.9. The number of nitrogens with zero attached hydrogens (tertiary/aromatic N) is 3. The van der Waals surface area contributed by atoms with Crippen LogP contribution in [0.5, 0.6) is 5.75 Å². The van der Waals surface area contributed by atoms with E-state index in [-0.39, 0.29) is 0 Å². The number of benzene rings is 2. The molecule has 0 spiro atoms. The molecule has 0 bridgehead atoms. The maximum absolute atomic E-state index is 12.4. The third-order valence-corrected chi connectivity index (χ3v) is 5.89. The first-order valence-electron chi connectivity index (χ1n) is 10.6. The highest BCUT2D eigenvalue weighted by Gasteiger charge is 2.18. The number of nitrogens with one attached hydrogen (secondary N) is 1. The fourth-order valence-corrected chi connectivity index (χ4v) is 3.97. The number of carbonyl (C=O) groups excluding carboxylic acids is 1. The van der Waals surface area contributed by atoms with E-state index in [4.69, 9.17) is 10.5 Å². The number of hydrogen-bond donors (Lipinski definition) is 2. The number of fused-ring (bicyclic) bond motifs is 1. The summed E-state index contributed by atoms with van der Waals surface area (Å²) in [6, 6.07) is 13.4. The van der Waals surface area contributed by atoms with Crippen molar-refractivity contribution in [1.82, 2.24) is 9.88 Å². The lowest BCUT2D eigenvalue weighted by Crippen LogP contribution is -2.24. The van der Waals surface area contributed by atoms with Crippen molar-refractivity contribution in [2.24, 2.45) is 5.73 Å². The maximum atomic E-state index is 12.4. The number of amides is 1. The number of pyridine rings is 1. The lowest BCUT2D eigenvalue weighted by molar-refractivity contribution is -0.112. The summed E-state index contributed by atoms with van der Waals surface area (Å²) in [5, 5.41) is 13.7. The summed E-state index contributed by atoms with van der Waals surface area (Å²) in [5.41, 5.74) is 9.06. The average Bonchev–Trinajstić information content (AvgIpc) is 2.81. The minimum absolute atomic E-state index is 0.370. The fraction of sp³-hybridized carbons (Fsp3) is 0.240. The number of methoxy groups -OCH3 is 1. The Morgan fingerprint density at radius 1 is 1.30 bits per heavy atom. The number of hydrogen-bond acceptors (Lipinski definition) is 6. The summed E-state index contributed by atoms with van der Waals surface area (Å²) in [6.07, 6.45) is 3.34. The van der Waals surface area contributed by atoms with Gasteiger partial charge in [-0.05, 0) is 49.0 Å². The van der Waals surface area contributed by atoms with Gasteiger partial charge in [-0.2, -0.15) is 5.26 Å². The van der Waals surface area contributed by atoms with Crippen LogP contribution >= 0.6 is 15.9 Å². The summed E-state index contributed by atoms with van der Waals surface area (Å²) >= 11 is 3.47. The second-order valence-electron chi connectivity index (χ2n) is 7.34. The summed E-state index contributed by atoms with van der Waals surface area (Å²) in [6.45, 7) is 6.43. The van der Waals surface area contributed by atoms with Gasteiger partial charge < -0.3 is 20.7 Å². The molecule has 2 aromatic carbocycles. The van der Waals surface area contributed by atoms with Crippen LogP contribution in [0.1, 0.15) is 25.0 Å². The Labute approximate surface area is 202 Å². The number of likely N-dealkylation sites (N-methyl/N-ethyl adjacent to an activating group) is 1. The van der Waals surface area contributed by atoms with Crippen LogP contribution in [0.25, 0.3) is 16.5 Å². The van der Waals surface area contributed by atoms with Crippen LogP contribution in [0, 0.1) is 11.3 Å². The first-order chi connectivity index (χ1) is 15.9. The Morgan fingerprint density at radius 2 is 2.06 bits per heavy atom. The third-order valence-electron chi connectivity index (χ3n) is 5.40. The Balaban J connectivity index is 2.23. The van der Waals surface area contributed by atoms with E-state index in [1.54, 1.807) is 13.2 Å². The molecule has 0 aliphatic carbocycles. The Morgan fingerprint density at radius 3 is 2.67 bits per heavy atom. The van der Waals surface area contributed by atoms with Crippen molar-refractivity contribution in [2.45, 2.75) is 13.8 Å². The van der Waals surface area contributed by atoms with Crippen LogP contribution in [-0.4, -0.2) is 42.5 Å². The van der Waals surface area contributed by atoms with Crippen LogP contribution in [0.4, 0.5) is 11.4 Å². The van der Waals surface area contributed by atoms with Crippen molar-refractivity contribution < 1.29 is 9.53 Å². The molecule has 0 aliphatic heterocycles. The van der Waals surface area contributed by atoms with Crippen molar-refractivity contribution in [3.63, 3.8) is 0 Å². The average molecular weight is 508 g/mol. The zero-order valence-corrected chi connectivity index (χ0v) is 20.4. The van der Waals surface area contributed by atoms with Crippen LogP contribution in [0.2, 0.25) is 0 Å². The molecule has 1 amide bonds. The molecule has 1 heterocycles. The van der Waals surface area contributed by atoms with Gasteiger partial charge in [0.2, 0.25) is 5.91 Å². The van der Waals surface area contributed by atoms with Gasteiger partial charge in [-0.25, -0.2) is 0 Å². The molecule has 0 aliphatic rings. The van der Waals surface area contributed by atoms with Crippen LogP contribution < -0.4 is 15.8 Å². The van der Waals surface area contributed by atoms with Crippen LogP contribution in [0.15, 0.2) is 53.1 Å². The molecule has 0 saturated heterocycles. The topological polar surface area (TPSA) is 104 Å². The number of primary amides is 1. The molecular weight excluding hydrogens is 482 g/mol. The van der Waals surface area contributed by atoms with Gasteiger partial charge >= 0.3 is 0 Å². The lowest BCUT2D eigenvalue weighted by Gasteiger charge is -2.17. The molecule has 0 fully saturated rings. The molecule has 8 heteroatoms. The second-order valence-corrected chi connectivity index (χ2v) is 8.25. The van der Waals surface area contributed by atoms with Crippen molar-refractivity contribution in [1.29, 1.82) is 5.26 Å². The number of halogens is 1. The highest BCUT2D eigenvalue weighted by molar-refractivity contribution is 9.10. The van der Waals surface area contributed by atoms with Crippen molar-refractivity contribution in [3.8, 4) is 11.8 Å². The molecule has 7 nitrogen and oxygen atoms in total. The van der Waals surface area contributed by atoms with E-state index >= 15 is 0 Å². The van der Waals surface area contributed by atoms with E-state index in [0.717, 1.165) is 23.2 Å². The van der Waals surface area contributed by atoms with Crippen molar-refractivity contribution >= 4 is 49.7 Å². The predicted molar refractivity (Wildman–Crippen MR) is 135 cm³/mol. The van der Waals surface area contributed by atoms with E-state index < -0.39 is 5.91 Å². The van der Waals surface area contributed by atoms with Gasteiger partial charge in [-0.15, -0.1) is 0 Å². The molecule has 1 aromatic heterocycles. The van der Waals surface area contributed by atoms with Gasteiger partial charge in [0.1, 0.15) is 17.3 Å². The van der Waals surface area contributed by atoms with Gasteiger partial charge in [0, 0.05) is 33.9 Å². The van der Waals surface area contributed by atoms with Crippen LogP contribution in [-0.2, 0) is 4.79 Å². The molecule has 33 heavy (non-hydrogen) atoms. The number of rotatable bonds is 9. The zero-order chi connectivity index (χ0) is 24.0. The largest absolute Gasteiger partial charge is 0.494 e. The number of anilines is 2. The first kappa shape index (κ1) is 24.2. The van der Waals surface area contributed by atoms with Gasteiger partial charge in [0.25, 0.3) is 0 Å². The lowest BCUT2D eigenvalue weighted by atomic mass is 9.99. The van der Waals surface area contributed by atoms with Crippen molar-refractivity contribution in [3.05, 3.63) is 64.3 Å². The predicted octanol–water partition coefficient (Wildman–Crippen LogP) is 4.83. The third kappa shape index (κ3) is 5.51. The highest BCUT2D eigenvalue weighted by atomic mass is 79.9. The van der Waals surface area contributed by atoms with E-state index in [0.29, 0.717) is 45.6 Å². The smallest absolute Gasteiger partial charge is 0.249 e. The van der Waals surface area contributed by atoms with E-state index in [1.807, 2.05) is 36.4 Å². The molecule has 3 aromatic rings. The van der Waals surface area contributed by atoms with Gasteiger partial charge in [0.15, 0.2) is 0 Å². The fourth-order valence-electron chi connectivity index (χ4n) is 3.57. The monoisotopic (exact) mass is 507 g/mol. The van der Waals surface area contributed by atoms with Gasteiger partial charge in [-0.3, -0.25) is 9.78 Å². The Bertz CT molecular complexity index is 1250. The molecule has 3 rings (SSSR count). The maximum Gasteiger partial charge on any atom is 0.249 e. The standard InChI is InChI=1S/C25H26BrN5O2/c1-4-31(5-2)10-9-20(25(28)32)16-11-21-23(30-19-8-6-7-18(26)13-19)17(14-27)15-29-24(21)22(12-16)33-3/h6-9,11-13,15H,4-5,10H2,1-3H3,(H2,28,32)(H,29,30). The zero-order valence-electron chi connectivity index (χ0n) is 18.9. The molecule has 0 unspecified atom stereocenters. The van der Waals surface area contributed by atoms with E-state index in [1.165, 1.54) is 6.20 Å². The molecule has 0 atom stereocenters. The van der Waals surface area contributed by atoms with Gasteiger partial charge in [-0.1, -0.05) is 41.9 Å². The minimum atomic E-state index is -0.533. The number of carbonyl (C=O) groups is 1. The number of ether oxygens (including phenoxy) is 1. The summed E-state index contributed by atoms with van der Waals surface area (Å²) < 4.78 is 6.49. The number of nitriles is 1. The minimum Gasteiger partial charge on any atom is -0.494 e. The quantitative estimate of drug-likeness (QED) is 0.401. The summed E-state index contributed by atoms with van der Waals surface area (Å²) in [7, 11) is 1.55.